The van der Waals surface area contributed by atoms with E-state index >= 15 is 0 Å². The Kier molecular flexibility index (Phi) is 9.88. The number of hydrogen-bond donors (Lipinski definition) is 2. The van der Waals surface area contributed by atoms with Gasteiger partial charge in [-0.05, 0) is 75.7 Å². The van der Waals surface area contributed by atoms with E-state index in [0.29, 0.717) is 11.4 Å². The number of nitrogens with one attached hydrogen (secondary N) is 2. The van der Waals surface area contributed by atoms with Crippen LogP contribution in [0.3, 0.4) is 0 Å². The van der Waals surface area contributed by atoms with Crippen LogP contribution in [0.2, 0.25) is 0 Å². The second-order valence-corrected chi connectivity index (χ2v) is 11.9. The minimum atomic E-state index is -0.782. The van der Waals surface area contributed by atoms with E-state index in [4.69, 9.17) is 14.6 Å². The molecule has 0 aliphatic heterocycles. The number of hydrogen-bond acceptors (Lipinski definition) is 8. The lowest BCUT2D eigenvalue weighted by Gasteiger charge is -2.19. The van der Waals surface area contributed by atoms with Gasteiger partial charge in [-0.2, -0.15) is 5.10 Å². The second-order valence-electron chi connectivity index (χ2n) is 11.9. The highest BCUT2D eigenvalue weighted by atomic mass is 19.1. The van der Waals surface area contributed by atoms with Crippen molar-refractivity contribution >= 4 is 34.6 Å². The average molecular weight is 639 g/mol. The molecule has 0 radical (unpaired) electrons. The minimum absolute atomic E-state index is 0.0356. The number of carbonyl (C=O) groups is 3. The number of rotatable bonds is 10. The Bertz CT molecular complexity index is 1930. The molecular weight excluding hydrogens is 603 g/mol. The molecule has 5 aromatic rings. The van der Waals surface area contributed by atoms with Crippen LogP contribution in [0.25, 0.3) is 33.4 Å². The molecule has 12 heteroatoms. The fourth-order valence-corrected chi connectivity index (χ4v) is 4.84. The fraction of sp³-hybridized carbons (Fsp3) is 0.257. The highest BCUT2D eigenvalue weighted by molar-refractivity contribution is 5.98. The van der Waals surface area contributed by atoms with Gasteiger partial charge in [-0.1, -0.05) is 24.3 Å². The van der Waals surface area contributed by atoms with Gasteiger partial charge in [-0.15, -0.1) is 0 Å². The summed E-state index contributed by atoms with van der Waals surface area (Å²) in [6.07, 6.45) is 3.17. The number of nitrogens with zero attached hydrogens (tertiary/aromatic N) is 4. The molecule has 3 heterocycles. The van der Waals surface area contributed by atoms with Gasteiger partial charge in [0, 0.05) is 46.7 Å². The number of halogens is 1. The highest BCUT2D eigenvalue weighted by Crippen LogP contribution is 2.34. The molecule has 0 bridgehead atoms. The third kappa shape index (κ3) is 8.75. The Morgan fingerprint density at radius 2 is 1.72 bits per heavy atom. The molecule has 2 aromatic carbocycles. The summed E-state index contributed by atoms with van der Waals surface area (Å²) in [6, 6.07) is 18.7. The first-order valence-electron chi connectivity index (χ1n) is 15.0. The van der Waals surface area contributed by atoms with Crippen molar-refractivity contribution < 1.29 is 28.2 Å². The van der Waals surface area contributed by atoms with E-state index in [1.807, 2.05) is 76.2 Å². The van der Waals surface area contributed by atoms with E-state index in [0.717, 1.165) is 39.9 Å². The third-order valence-electron chi connectivity index (χ3n) is 6.79. The van der Waals surface area contributed by atoms with E-state index in [1.165, 1.54) is 10.7 Å². The molecular formula is C35H35FN6O5. The number of anilines is 1. The Morgan fingerprint density at radius 1 is 0.936 bits per heavy atom. The normalized spacial score (nSPS) is 11.3. The summed E-state index contributed by atoms with van der Waals surface area (Å²) in [5.74, 6) is -2.00. The zero-order chi connectivity index (χ0) is 33.6. The monoisotopic (exact) mass is 638 g/mol. The number of para-hydroxylation sites is 1. The predicted octanol–water partition coefficient (Wildman–Crippen LogP) is 6.32. The van der Waals surface area contributed by atoms with Gasteiger partial charge in [0.25, 0.3) is 0 Å². The molecule has 0 spiro atoms. The number of esters is 1. The summed E-state index contributed by atoms with van der Waals surface area (Å²) < 4.78 is 26.2. The van der Waals surface area contributed by atoms with E-state index < -0.39 is 29.3 Å². The van der Waals surface area contributed by atoms with Crippen molar-refractivity contribution in [3.05, 3.63) is 96.2 Å². The van der Waals surface area contributed by atoms with Crippen LogP contribution in [-0.2, 0) is 20.8 Å². The second kappa shape index (κ2) is 14.2. The Balaban J connectivity index is 1.27. The lowest BCUT2D eigenvalue weighted by molar-refractivity contribution is -0.116. The SMILES string of the molecule is Cc1cccc(-c2nn(CC(=O)Nc3cc(F)cc(C(=O)OCCCOC(=O)NC(C)(C)C)c3)cc2-c2ccnc3ccccc23)n1. The maximum absolute atomic E-state index is 14.5. The zero-order valence-electron chi connectivity index (χ0n) is 26.5. The molecule has 0 saturated carbocycles. The van der Waals surface area contributed by atoms with Gasteiger partial charge in [0.05, 0.1) is 30.0 Å². The number of carbonyl (C=O) groups excluding carboxylic acids is 3. The summed E-state index contributed by atoms with van der Waals surface area (Å²) in [5.41, 5.74) is 4.09. The quantitative estimate of drug-likeness (QED) is 0.134. The molecule has 242 valence electrons. The number of pyridine rings is 2. The van der Waals surface area contributed by atoms with Crippen molar-refractivity contribution in [2.45, 2.75) is 46.2 Å². The number of benzene rings is 2. The molecule has 11 nitrogen and oxygen atoms in total. The first-order chi connectivity index (χ1) is 22.4. The van der Waals surface area contributed by atoms with Crippen molar-refractivity contribution in [1.29, 1.82) is 0 Å². The van der Waals surface area contributed by atoms with E-state index in [1.54, 1.807) is 12.4 Å². The minimum Gasteiger partial charge on any atom is -0.462 e. The summed E-state index contributed by atoms with van der Waals surface area (Å²) >= 11 is 0. The number of alkyl carbamates (subject to hydrolysis) is 1. The van der Waals surface area contributed by atoms with Crippen molar-refractivity contribution in [1.82, 2.24) is 25.1 Å². The smallest absolute Gasteiger partial charge is 0.407 e. The molecule has 2 amide bonds. The van der Waals surface area contributed by atoms with Crippen LogP contribution in [0.15, 0.2) is 79.1 Å². The maximum Gasteiger partial charge on any atom is 0.407 e. The van der Waals surface area contributed by atoms with Crippen molar-refractivity contribution in [3.63, 3.8) is 0 Å². The first kappa shape index (κ1) is 32.7. The van der Waals surface area contributed by atoms with Gasteiger partial charge in [0.2, 0.25) is 5.91 Å². The Labute approximate surface area is 271 Å². The van der Waals surface area contributed by atoms with Crippen molar-refractivity contribution in [2.24, 2.45) is 0 Å². The molecule has 0 fully saturated rings. The summed E-state index contributed by atoms with van der Waals surface area (Å²) in [6.45, 7) is 7.16. The molecule has 0 saturated heterocycles. The highest BCUT2D eigenvalue weighted by Gasteiger charge is 2.19. The lowest BCUT2D eigenvalue weighted by atomic mass is 10.0. The maximum atomic E-state index is 14.5. The number of ether oxygens (including phenoxy) is 2. The molecule has 5 rings (SSSR count). The van der Waals surface area contributed by atoms with Crippen LogP contribution in [0, 0.1) is 12.7 Å². The number of amides is 2. The number of aromatic nitrogens is 4. The van der Waals surface area contributed by atoms with Crippen LogP contribution in [0.5, 0.6) is 0 Å². The van der Waals surface area contributed by atoms with Crippen molar-refractivity contribution in [2.75, 3.05) is 18.5 Å². The zero-order valence-corrected chi connectivity index (χ0v) is 26.5. The molecule has 0 atom stereocenters. The van der Waals surface area contributed by atoms with Gasteiger partial charge >= 0.3 is 12.1 Å². The fourth-order valence-electron chi connectivity index (χ4n) is 4.84. The molecule has 0 aliphatic carbocycles. The average Bonchev–Trinajstić information content (AvgIpc) is 3.42. The van der Waals surface area contributed by atoms with Gasteiger partial charge < -0.3 is 20.1 Å². The molecule has 2 N–H and O–H groups in total. The summed E-state index contributed by atoms with van der Waals surface area (Å²) in [5, 5.41) is 10.9. The van der Waals surface area contributed by atoms with Crippen molar-refractivity contribution in [3.8, 4) is 22.5 Å². The lowest BCUT2D eigenvalue weighted by Crippen LogP contribution is -2.41. The van der Waals surface area contributed by atoms with Crippen LogP contribution in [-0.4, -0.2) is 56.5 Å². The Hall–Kier alpha value is -5.65. The van der Waals surface area contributed by atoms with Gasteiger partial charge in [-0.25, -0.2) is 14.0 Å². The number of aryl methyl sites for hydroxylation is 1. The van der Waals surface area contributed by atoms with Crippen LogP contribution in [0.1, 0.15) is 43.2 Å². The largest absolute Gasteiger partial charge is 0.462 e. The van der Waals surface area contributed by atoms with Gasteiger partial charge in [-0.3, -0.25) is 19.4 Å². The topological polar surface area (TPSA) is 137 Å². The molecule has 47 heavy (non-hydrogen) atoms. The van der Waals surface area contributed by atoms with Gasteiger partial charge in [0.1, 0.15) is 18.1 Å². The van der Waals surface area contributed by atoms with E-state index in [-0.39, 0.29) is 37.4 Å². The Morgan fingerprint density at radius 3 is 2.51 bits per heavy atom. The summed E-state index contributed by atoms with van der Waals surface area (Å²) in [4.78, 5) is 46.6. The molecule has 0 aliphatic rings. The van der Waals surface area contributed by atoms with E-state index in [9.17, 15) is 18.8 Å². The van der Waals surface area contributed by atoms with Crippen LogP contribution in [0.4, 0.5) is 14.9 Å². The van der Waals surface area contributed by atoms with Gasteiger partial charge in [0.15, 0.2) is 0 Å². The first-order valence-corrected chi connectivity index (χ1v) is 15.0. The van der Waals surface area contributed by atoms with Crippen LogP contribution < -0.4 is 10.6 Å². The predicted molar refractivity (Wildman–Crippen MR) is 175 cm³/mol. The third-order valence-corrected chi connectivity index (χ3v) is 6.79. The summed E-state index contributed by atoms with van der Waals surface area (Å²) in [7, 11) is 0. The van der Waals surface area contributed by atoms with Crippen LogP contribution >= 0.6 is 0 Å². The number of fused-ring (bicyclic) bond motifs is 1. The van der Waals surface area contributed by atoms with E-state index in [2.05, 4.69) is 20.6 Å². The molecule has 0 unspecified atom stereocenters. The standard InChI is InChI=1S/C35H35FN6O5/c1-22-9-7-12-30(38-22)32-28(26-13-14-37-29-11-6-5-10-27(26)29)20-42(41-32)21-31(43)39-25-18-23(17-24(36)19-25)33(44)46-15-8-16-47-34(45)40-35(2,3)4/h5-7,9-14,17-20H,8,15-16,21H2,1-4H3,(H,39,43)(H,40,45). The molecule has 3 aromatic heterocycles.